The monoisotopic (exact) mass is 574 g/mol. The van der Waals surface area contributed by atoms with Crippen molar-refractivity contribution in [3.8, 4) is 0 Å². The Bertz CT molecular complexity index is 1200. The molecule has 0 radical (unpaired) electrons. The van der Waals surface area contributed by atoms with Crippen LogP contribution in [-0.4, -0.2) is 91.2 Å². The topological polar surface area (TPSA) is 111 Å². The smallest absolute Gasteiger partial charge is 0.318 e. The Morgan fingerprint density at radius 3 is 2.52 bits per heavy atom. The van der Waals surface area contributed by atoms with Crippen LogP contribution in [0.1, 0.15) is 74.2 Å². The Morgan fingerprint density at radius 1 is 1.05 bits per heavy atom. The molecule has 0 spiro atoms. The maximum Gasteiger partial charge on any atom is 0.318 e. The fourth-order valence-electron chi connectivity index (χ4n) is 7.14. The number of hydrogen-bond acceptors (Lipinski definition) is 5. The molecule has 10 heteroatoms. The number of nitrogens with zero attached hydrogens (tertiary/aromatic N) is 3. The average Bonchev–Trinajstić information content (AvgIpc) is 3.18. The first-order chi connectivity index (χ1) is 20.3. The molecular weight excluding hydrogens is 527 g/mol. The van der Waals surface area contributed by atoms with Gasteiger partial charge in [0, 0.05) is 55.4 Å². The highest BCUT2D eigenvalue weighted by atomic mass is 16.2. The minimum atomic E-state index is -0.255. The van der Waals surface area contributed by atoms with Gasteiger partial charge in [0.05, 0.1) is 12.6 Å². The predicted octanol–water partition coefficient (Wildman–Crippen LogP) is 1.93. The zero-order chi connectivity index (χ0) is 29.6. The van der Waals surface area contributed by atoms with E-state index in [1.165, 1.54) is 32.1 Å². The average molecular weight is 575 g/mol. The van der Waals surface area contributed by atoms with Gasteiger partial charge in [0.2, 0.25) is 5.91 Å². The quantitative estimate of drug-likeness (QED) is 0.325. The van der Waals surface area contributed by atoms with E-state index >= 15 is 0 Å². The molecule has 0 aromatic heterocycles. The minimum Gasteiger partial charge on any atom is -0.399 e. The largest absolute Gasteiger partial charge is 0.399 e. The van der Waals surface area contributed by atoms with E-state index in [2.05, 4.69) is 40.7 Å². The van der Waals surface area contributed by atoms with Gasteiger partial charge in [-0.1, -0.05) is 62.0 Å². The van der Waals surface area contributed by atoms with Crippen molar-refractivity contribution in [1.82, 2.24) is 25.3 Å². The van der Waals surface area contributed by atoms with E-state index in [4.69, 9.17) is 5.73 Å². The number of nitrogens with one attached hydrogen (secondary N) is 2. The van der Waals surface area contributed by atoms with Crippen molar-refractivity contribution in [2.75, 3.05) is 38.5 Å². The van der Waals surface area contributed by atoms with Crippen molar-refractivity contribution < 1.29 is 14.4 Å². The molecule has 2 aliphatic heterocycles. The lowest BCUT2D eigenvalue weighted by molar-refractivity contribution is -0.131. The molecule has 1 aromatic rings. The van der Waals surface area contributed by atoms with Crippen molar-refractivity contribution in [2.24, 2.45) is 5.92 Å². The number of allylic oxidation sites excluding steroid dienone is 2. The first-order valence-electron chi connectivity index (χ1n) is 15.9. The molecule has 2 aliphatic carbocycles. The van der Waals surface area contributed by atoms with Crippen molar-refractivity contribution in [3.05, 3.63) is 47.6 Å². The van der Waals surface area contributed by atoms with Crippen LogP contribution in [0.3, 0.4) is 0 Å². The summed E-state index contributed by atoms with van der Waals surface area (Å²) in [4.78, 5) is 45.4. The Kier molecular flexibility index (Phi) is 9.93. The number of amides is 4. The normalized spacial score (nSPS) is 23.4. The molecule has 42 heavy (non-hydrogen) atoms. The molecule has 226 valence electrons. The SMILES string of the molecule is Bc1cc(C(=O)NCC(=O)N2CCC(N3CCC4C=CC=CC4NC3=O)CC2)cc(CN(CC)C2CCCCC2)c1N. The lowest BCUT2D eigenvalue weighted by atomic mass is 9.88. The Morgan fingerprint density at radius 2 is 1.79 bits per heavy atom. The maximum atomic E-state index is 13.1. The van der Waals surface area contributed by atoms with Gasteiger partial charge in [-0.3, -0.25) is 14.5 Å². The zero-order valence-corrected chi connectivity index (χ0v) is 25.3. The Labute approximate surface area is 251 Å². The summed E-state index contributed by atoms with van der Waals surface area (Å²) in [6, 6.07) is 4.43. The predicted molar refractivity (Wildman–Crippen MR) is 169 cm³/mol. The van der Waals surface area contributed by atoms with E-state index in [1.807, 2.05) is 31.0 Å². The molecule has 0 bridgehead atoms. The van der Waals surface area contributed by atoms with E-state index < -0.39 is 0 Å². The van der Waals surface area contributed by atoms with E-state index in [0.29, 0.717) is 30.6 Å². The van der Waals surface area contributed by atoms with Gasteiger partial charge in [-0.15, -0.1) is 0 Å². The van der Waals surface area contributed by atoms with E-state index in [-0.39, 0.29) is 36.5 Å². The van der Waals surface area contributed by atoms with Gasteiger partial charge < -0.3 is 26.2 Å². The molecule has 1 aromatic carbocycles. The highest BCUT2D eigenvalue weighted by Crippen LogP contribution is 2.26. The Balaban J connectivity index is 1.12. The molecule has 4 amide bonds. The molecular formula is C32H47BN6O3. The van der Waals surface area contributed by atoms with Crippen molar-refractivity contribution in [1.29, 1.82) is 0 Å². The number of piperidine rings is 1. The summed E-state index contributed by atoms with van der Waals surface area (Å²) in [6.45, 7) is 5.70. The number of urea groups is 1. The van der Waals surface area contributed by atoms with Gasteiger partial charge >= 0.3 is 6.03 Å². The van der Waals surface area contributed by atoms with Crippen molar-refractivity contribution in [2.45, 2.75) is 83.0 Å². The first-order valence-corrected chi connectivity index (χ1v) is 15.9. The van der Waals surface area contributed by atoms with Gasteiger partial charge in [-0.25, -0.2) is 4.79 Å². The number of fused-ring (bicyclic) bond motifs is 1. The lowest BCUT2D eigenvalue weighted by Gasteiger charge is -2.38. The fraction of sp³-hybridized carbons (Fsp3) is 0.594. The highest BCUT2D eigenvalue weighted by molar-refractivity contribution is 6.36. The van der Waals surface area contributed by atoms with E-state index in [0.717, 1.165) is 55.6 Å². The van der Waals surface area contributed by atoms with Crippen LogP contribution in [0.15, 0.2) is 36.4 Å². The summed E-state index contributed by atoms with van der Waals surface area (Å²) in [6.07, 6.45) is 17.0. The summed E-state index contributed by atoms with van der Waals surface area (Å²) in [5.74, 6) is -0.0167. The molecule has 2 atom stereocenters. The maximum absolute atomic E-state index is 13.1. The van der Waals surface area contributed by atoms with Crippen molar-refractivity contribution in [3.63, 3.8) is 0 Å². The second kappa shape index (κ2) is 13.8. The number of anilines is 1. The number of nitrogen functional groups attached to an aromatic ring is 1. The van der Waals surface area contributed by atoms with Crippen LogP contribution in [0.5, 0.6) is 0 Å². The van der Waals surface area contributed by atoms with Crippen LogP contribution in [0, 0.1) is 5.92 Å². The highest BCUT2D eigenvalue weighted by Gasteiger charge is 2.34. The zero-order valence-electron chi connectivity index (χ0n) is 25.3. The van der Waals surface area contributed by atoms with Crippen LogP contribution in [-0.2, 0) is 11.3 Å². The molecule has 4 aliphatic rings. The number of likely N-dealkylation sites (tertiary alicyclic amines) is 1. The number of benzene rings is 1. The number of nitrogens with two attached hydrogens (primary N) is 1. The number of carbonyl (C=O) groups excluding carboxylic acids is 3. The van der Waals surface area contributed by atoms with Gasteiger partial charge in [0.25, 0.3) is 5.91 Å². The standard InChI is InChI=1S/C32H47BN6O3/c1-2-37(25-9-4-3-5-10-25)21-24-18-23(19-27(33)30(24)34)31(41)35-20-29(40)38-15-13-26(14-16-38)39-17-12-22-8-6-7-11-28(22)36-32(39)42/h6-8,11,18-19,22,25-26,28H,2-5,9-10,12-17,20-21,33-34H2,1H3,(H,35,41)(H,36,42). The van der Waals surface area contributed by atoms with Crippen LogP contribution in [0.2, 0.25) is 0 Å². The number of rotatable bonds is 8. The molecule has 4 N–H and O–H groups in total. The van der Waals surface area contributed by atoms with Crippen LogP contribution in [0.25, 0.3) is 0 Å². The van der Waals surface area contributed by atoms with E-state index in [1.54, 1.807) is 4.90 Å². The molecule has 2 heterocycles. The summed E-state index contributed by atoms with van der Waals surface area (Å²) >= 11 is 0. The van der Waals surface area contributed by atoms with Crippen LogP contribution in [0.4, 0.5) is 10.5 Å². The third-order valence-corrected chi connectivity index (χ3v) is 9.77. The summed E-state index contributed by atoms with van der Waals surface area (Å²) in [7, 11) is 1.94. The second-order valence-electron chi connectivity index (χ2n) is 12.4. The molecule has 1 saturated carbocycles. The van der Waals surface area contributed by atoms with Gasteiger partial charge in [0.15, 0.2) is 0 Å². The first kappa shape index (κ1) is 30.2. The van der Waals surface area contributed by atoms with Crippen LogP contribution < -0.4 is 21.8 Å². The molecule has 2 unspecified atom stereocenters. The van der Waals surface area contributed by atoms with Crippen LogP contribution >= 0.6 is 0 Å². The lowest BCUT2D eigenvalue weighted by Crippen LogP contribution is -2.52. The fourth-order valence-corrected chi connectivity index (χ4v) is 7.14. The van der Waals surface area contributed by atoms with Gasteiger partial charge in [-0.05, 0) is 50.3 Å². The summed E-state index contributed by atoms with van der Waals surface area (Å²) < 4.78 is 0. The van der Waals surface area contributed by atoms with Gasteiger partial charge in [0.1, 0.15) is 7.85 Å². The number of carbonyl (C=O) groups is 3. The third-order valence-electron chi connectivity index (χ3n) is 9.77. The van der Waals surface area contributed by atoms with E-state index in [9.17, 15) is 14.4 Å². The molecule has 5 rings (SSSR count). The molecule has 9 nitrogen and oxygen atoms in total. The number of hydrogen-bond donors (Lipinski definition) is 3. The summed E-state index contributed by atoms with van der Waals surface area (Å²) in [5.41, 5.74) is 9.61. The third kappa shape index (κ3) is 7.02. The van der Waals surface area contributed by atoms with Gasteiger partial charge in [-0.2, -0.15) is 0 Å². The molecule has 2 saturated heterocycles. The summed E-state index contributed by atoms with van der Waals surface area (Å²) in [5, 5.41) is 6.01. The van der Waals surface area contributed by atoms with Crippen molar-refractivity contribution >= 4 is 36.8 Å². The molecule has 3 fully saturated rings. The second-order valence-corrected chi connectivity index (χ2v) is 12.4. The minimum absolute atomic E-state index is 0.0153. The Hall–Kier alpha value is -3.27.